The van der Waals surface area contributed by atoms with Gasteiger partial charge in [-0.1, -0.05) is 37.1 Å². The third-order valence-corrected chi connectivity index (χ3v) is 5.62. The summed E-state index contributed by atoms with van der Waals surface area (Å²) in [5.41, 5.74) is 5.20. The molecule has 1 amide bonds. The molecule has 4 rings (SSSR count). The lowest BCUT2D eigenvalue weighted by atomic mass is 9.98. The van der Waals surface area contributed by atoms with E-state index in [1.54, 1.807) is 10.7 Å². The first-order chi connectivity index (χ1) is 13.4. The van der Waals surface area contributed by atoms with Crippen LogP contribution in [0.15, 0.2) is 36.5 Å². The molecule has 1 aliphatic rings. The van der Waals surface area contributed by atoms with Crippen LogP contribution in [-0.4, -0.2) is 26.0 Å². The van der Waals surface area contributed by atoms with Gasteiger partial charge in [0.2, 0.25) is 0 Å². The normalized spacial score (nSPS) is 14.4. The van der Waals surface area contributed by atoms with Crippen LogP contribution in [0.25, 0.3) is 16.9 Å². The summed E-state index contributed by atoms with van der Waals surface area (Å²) in [6.45, 7) is 8.42. The molecule has 1 aromatic carbocycles. The smallest absolute Gasteiger partial charge is 0.257 e. The molecular formula is C23H28N4O. The topological polar surface area (TPSA) is 59.3 Å². The van der Waals surface area contributed by atoms with E-state index in [9.17, 15) is 4.79 Å². The number of hydrogen-bond acceptors (Lipinski definition) is 3. The van der Waals surface area contributed by atoms with Gasteiger partial charge in [-0.3, -0.25) is 4.79 Å². The molecule has 2 aromatic heterocycles. The molecule has 1 aliphatic carbocycles. The van der Waals surface area contributed by atoms with Gasteiger partial charge in [-0.15, -0.1) is 0 Å². The number of rotatable bonds is 6. The van der Waals surface area contributed by atoms with Gasteiger partial charge in [0.15, 0.2) is 5.65 Å². The highest BCUT2D eigenvalue weighted by Crippen LogP contribution is 2.39. The zero-order valence-electron chi connectivity index (χ0n) is 17.1. The van der Waals surface area contributed by atoms with Crippen molar-refractivity contribution in [2.24, 2.45) is 5.92 Å². The van der Waals surface area contributed by atoms with E-state index in [1.807, 2.05) is 6.07 Å². The van der Waals surface area contributed by atoms with Crippen molar-refractivity contribution in [1.29, 1.82) is 0 Å². The predicted molar refractivity (Wildman–Crippen MR) is 111 cm³/mol. The molecule has 0 aliphatic heterocycles. The van der Waals surface area contributed by atoms with Crippen molar-refractivity contribution < 1.29 is 4.79 Å². The van der Waals surface area contributed by atoms with Crippen LogP contribution in [0.2, 0.25) is 0 Å². The Kier molecular flexibility index (Phi) is 4.69. The second-order valence-electron chi connectivity index (χ2n) is 8.50. The van der Waals surface area contributed by atoms with Crippen LogP contribution in [0.4, 0.5) is 0 Å². The molecule has 1 saturated carbocycles. The Morgan fingerprint density at radius 3 is 2.75 bits per heavy atom. The number of benzene rings is 1. The average Bonchev–Trinajstić information content (AvgIpc) is 3.42. The van der Waals surface area contributed by atoms with Crippen molar-refractivity contribution in [1.82, 2.24) is 19.9 Å². The molecule has 5 heteroatoms. The van der Waals surface area contributed by atoms with Gasteiger partial charge in [-0.2, -0.15) is 5.10 Å². The van der Waals surface area contributed by atoms with Crippen molar-refractivity contribution >= 4 is 11.6 Å². The third kappa shape index (κ3) is 3.53. The van der Waals surface area contributed by atoms with Gasteiger partial charge in [0.25, 0.3) is 5.91 Å². The van der Waals surface area contributed by atoms with Crippen LogP contribution in [0.5, 0.6) is 0 Å². The fourth-order valence-electron chi connectivity index (χ4n) is 3.83. The molecule has 5 nitrogen and oxygen atoms in total. The lowest BCUT2D eigenvalue weighted by molar-refractivity contribution is 0.0905. The molecule has 2 heterocycles. The minimum absolute atomic E-state index is 0.0942. The molecule has 0 atom stereocenters. The Labute approximate surface area is 166 Å². The van der Waals surface area contributed by atoms with E-state index in [4.69, 9.17) is 4.98 Å². The van der Waals surface area contributed by atoms with E-state index >= 15 is 0 Å². The average molecular weight is 377 g/mol. The number of aryl methyl sites for hydroxylation is 2. The summed E-state index contributed by atoms with van der Waals surface area (Å²) < 4.78 is 1.80. The Morgan fingerprint density at radius 1 is 1.29 bits per heavy atom. The number of nitrogens with zero attached hydrogens (tertiary/aromatic N) is 3. The molecule has 0 spiro atoms. The van der Waals surface area contributed by atoms with Gasteiger partial charge in [0.1, 0.15) is 5.56 Å². The quantitative estimate of drug-likeness (QED) is 0.685. The Balaban J connectivity index is 1.80. The van der Waals surface area contributed by atoms with Crippen LogP contribution in [-0.2, 0) is 6.42 Å². The van der Waals surface area contributed by atoms with E-state index in [-0.39, 0.29) is 11.4 Å². The van der Waals surface area contributed by atoms with Gasteiger partial charge in [0.05, 0.1) is 11.9 Å². The van der Waals surface area contributed by atoms with Crippen LogP contribution < -0.4 is 5.32 Å². The SMILES string of the molecule is CCCc1cc(-c2cccc(C)c2)n2ncc(C(=O)NC(C)(C)C3CC3)c2n1. The van der Waals surface area contributed by atoms with E-state index in [1.165, 1.54) is 18.4 Å². The zero-order valence-corrected chi connectivity index (χ0v) is 17.1. The molecule has 146 valence electrons. The van der Waals surface area contributed by atoms with E-state index in [0.29, 0.717) is 17.1 Å². The van der Waals surface area contributed by atoms with Gasteiger partial charge in [0, 0.05) is 16.8 Å². The van der Waals surface area contributed by atoms with Gasteiger partial charge < -0.3 is 5.32 Å². The first kappa shape index (κ1) is 18.7. The molecule has 0 bridgehead atoms. The fourth-order valence-corrected chi connectivity index (χ4v) is 3.83. The predicted octanol–water partition coefficient (Wildman–Crippen LogP) is 4.58. The number of fused-ring (bicyclic) bond motifs is 1. The maximum atomic E-state index is 13.0. The van der Waals surface area contributed by atoms with Gasteiger partial charge in [-0.25, -0.2) is 9.50 Å². The third-order valence-electron chi connectivity index (χ3n) is 5.62. The largest absolute Gasteiger partial charge is 0.347 e. The minimum Gasteiger partial charge on any atom is -0.347 e. The van der Waals surface area contributed by atoms with Gasteiger partial charge in [-0.05, 0) is 58.1 Å². The number of nitrogens with one attached hydrogen (secondary N) is 1. The van der Waals surface area contributed by atoms with Crippen LogP contribution in [0, 0.1) is 12.8 Å². The van der Waals surface area contributed by atoms with Crippen molar-refractivity contribution in [3.05, 3.63) is 53.3 Å². The summed E-state index contributed by atoms with van der Waals surface area (Å²) >= 11 is 0. The first-order valence-electron chi connectivity index (χ1n) is 10.2. The highest BCUT2D eigenvalue weighted by molar-refractivity contribution is 6.00. The molecule has 1 N–H and O–H groups in total. The summed E-state index contributed by atoms with van der Waals surface area (Å²) in [4.78, 5) is 17.8. The first-order valence-corrected chi connectivity index (χ1v) is 10.2. The second kappa shape index (κ2) is 7.04. The highest BCUT2D eigenvalue weighted by Gasteiger charge is 2.39. The summed E-state index contributed by atoms with van der Waals surface area (Å²) in [6, 6.07) is 10.4. The number of aromatic nitrogens is 3. The van der Waals surface area contributed by atoms with Crippen molar-refractivity contribution in [2.45, 2.75) is 58.9 Å². The Morgan fingerprint density at radius 2 is 2.07 bits per heavy atom. The van der Waals surface area contributed by atoms with Crippen LogP contribution in [0.3, 0.4) is 0 Å². The fraction of sp³-hybridized carbons (Fsp3) is 0.435. The van der Waals surface area contributed by atoms with Gasteiger partial charge >= 0.3 is 0 Å². The van der Waals surface area contributed by atoms with Crippen LogP contribution >= 0.6 is 0 Å². The molecule has 0 radical (unpaired) electrons. The zero-order chi connectivity index (χ0) is 19.9. The van der Waals surface area contributed by atoms with Crippen molar-refractivity contribution in [3.8, 4) is 11.3 Å². The number of carbonyl (C=O) groups excluding carboxylic acids is 1. The molecule has 0 saturated heterocycles. The number of amides is 1. The standard InChI is InChI=1S/C23H28N4O/c1-5-7-18-13-20(16-9-6-8-15(2)12-16)27-21(25-18)19(14-24-27)22(28)26-23(3,4)17-10-11-17/h6,8-9,12-14,17H,5,7,10-11H2,1-4H3,(H,26,28). The molecule has 1 fully saturated rings. The number of hydrogen-bond donors (Lipinski definition) is 1. The minimum atomic E-state index is -0.203. The molecule has 3 aromatic rings. The molecular weight excluding hydrogens is 348 g/mol. The second-order valence-corrected chi connectivity index (χ2v) is 8.50. The lowest BCUT2D eigenvalue weighted by Gasteiger charge is -2.25. The lowest BCUT2D eigenvalue weighted by Crippen LogP contribution is -2.45. The summed E-state index contributed by atoms with van der Waals surface area (Å²) in [5, 5.41) is 7.73. The highest BCUT2D eigenvalue weighted by atomic mass is 16.1. The van der Waals surface area contributed by atoms with Crippen molar-refractivity contribution in [2.75, 3.05) is 0 Å². The Bertz CT molecular complexity index is 1030. The van der Waals surface area contributed by atoms with E-state index in [2.05, 4.69) is 62.4 Å². The summed E-state index contributed by atoms with van der Waals surface area (Å²) in [6.07, 6.45) is 5.88. The molecule has 0 unspecified atom stereocenters. The maximum absolute atomic E-state index is 13.0. The number of carbonyl (C=O) groups is 1. The summed E-state index contributed by atoms with van der Waals surface area (Å²) in [5.74, 6) is 0.466. The maximum Gasteiger partial charge on any atom is 0.257 e. The molecule has 28 heavy (non-hydrogen) atoms. The van der Waals surface area contributed by atoms with Crippen molar-refractivity contribution in [3.63, 3.8) is 0 Å². The monoisotopic (exact) mass is 376 g/mol. The Hall–Kier alpha value is -2.69. The van der Waals surface area contributed by atoms with Crippen LogP contribution in [0.1, 0.15) is 61.6 Å². The summed E-state index contributed by atoms with van der Waals surface area (Å²) in [7, 11) is 0. The van der Waals surface area contributed by atoms with E-state index < -0.39 is 0 Å². The van der Waals surface area contributed by atoms with E-state index in [0.717, 1.165) is 29.8 Å².